The number of anilines is 1. The Morgan fingerprint density at radius 3 is 2.52 bits per heavy atom. The van der Waals surface area contributed by atoms with E-state index in [9.17, 15) is 9.59 Å². The van der Waals surface area contributed by atoms with Gasteiger partial charge in [-0.05, 0) is 55.3 Å². The number of nitrogens with zero attached hydrogens (tertiary/aromatic N) is 2. The van der Waals surface area contributed by atoms with Crippen LogP contribution in [0.3, 0.4) is 0 Å². The molecule has 2 aromatic rings. The van der Waals surface area contributed by atoms with Crippen molar-refractivity contribution in [3.05, 3.63) is 59.1 Å². The number of piperidine rings is 1. The second-order valence-electron chi connectivity index (χ2n) is 7.41. The lowest BCUT2D eigenvalue weighted by Crippen LogP contribution is -2.43. The van der Waals surface area contributed by atoms with Crippen LogP contribution >= 0.6 is 11.6 Å². The van der Waals surface area contributed by atoms with Gasteiger partial charge in [-0.15, -0.1) is 0 Å². The number of likely N-dealkylation sites (tertiary alicyclic amines) is 1. The van der Waals surface area contributed by atoms with Crippen LogP contribution in [0.25, 0.3) is 0 Å². The normalized spacial score (nSPS) is 14.9. The first kappa shape index (κ1) is 23.1. The fraction of sp³-hybridized carbons (Fsp3) is 0.391. The van der Waals surface area contributed by atoms with E-state index in [0.717, 1.165) is 31.6 Å². The number of ether oxygens (including phenoxy) is 2. The molecule has 0 atom stereocenters. The molecule has 7 nitrogen and oxygen atoms in total. The molecule has 0 unspecified atom stereocenters. The van der Waals surface area contributed by atoms with Crippen LogP contribution < -0.4 is 9.64 Å². The van der Waals surface area contributed by atoms with Crippen molar-refractivity contribution in [1.82, 2.24) is 4.90 Å². The number of carboxylic acids is 1. The van der Waals surface area contributed by atoms with Crippen LogP contribution in [-0.4, -0.2) is 67.9 Å². The average molecular weight is 447 g/mol. The molecule has 2 aromatic carbocycles. The van der Waals surface area contributed by atoms with E-state index in [-0.39, 0.29) is 18.6 Å². The largest absolute Gasteiger partial charge is 0.497 e. The Labute approximate surface area is 187 Å². The quantitative estimate of drug-likeness (QED) is 0.634. The maximum Gasteiger partial charge on any atom is 0.329 e. The van der Waals surface area contributed by atoms with Crippen molar-refractivity contribution >= 4 is 29.2 Å². The lowest BCUT2D eigenvalue weighted by atomic mass is 10.1. The summed E-state index contributed by atoms with van der Waals surface area (Å²) in [6, 6.07) is 14.3. The minimum atomic E-state index is -0.947. The molecule has 0 spiro atoms. The Morgan fingerprint density at radius 1 is 1.16 bits per heavy atom. The van der Waals surface area contributed by atoms with Gasteiger partial charge in [0.15, 0.2) is 0 Å². The van der Waals surface area contributed by atoms with Crippen LogP contribution in [0.1, 0.15) is 23.2 Å². The summed E-state index contributed by atoms with van der Waals surface area (Å²) in [5.74, 6) is -0.427. The van der Waals surface area contributed by atoms with Gasteiger partial charge >= 0.3 is 5.97 Å². The van der Waals surface area contributed by atoms with Gasteiger partial charge in [0.2, 0.25) is 0 Å². The Hall–Kier alpha value is -2.61. The molecule has 0 bridgehead atoms. The van der Waals surface area contributed by atoms with E-state index in [2.05, 4.69) is 4.90 Å². The smallest absolute Gasteiger partial charge is 0.329 e. The first-order valence-electron chi connectivity index (χ1n) is 10.2. The first-order chi connectivity index (χ1) is 15.0. The van der Waals surface area contributed by atoms with E-state index < -0.39 is 5.97 Å². The summed E-state index contributed by atoms with van der Waals surface area (Å²) in [7, 11) is 1.57. The van der Waals surface area contributed by atoms with Crippen molar-refractivity contribution in [3.63, 3.8) is 0 Å². The number of hydrogen-bond acceptors (Lipinski definition) is 5. The molecule has 1 saturated heterocycles. The number of rotatable bonds is 9. The number of carbonyl (C=O) groups excluding carboxylic acids is 1. The zero-order chi connectivity index (χ0) is 22.2. The summed E-state index contributed by atoms with van der Waals surface area (Å²) < 4.78 is 10.7. The first-order valence-corrected chi connectivity index (χ1v) is 10.6. The van der Waals surface area contributed by atoms with Crippen molar-refractivity contribution in [1.29, 1.82) is 0 Å². The highest BCUT2D eigenvalue weighted by molar-refractivity contribution is 6.30. The van der Waals surface area contributed by atoms with Crippen molar-refractivity contribution < 1.29 is 24.2 Å². The molecule has 1 aliphatic rings. The van der Waals surface area contributed by atoms with Gasteiger partial charge in [-0.3, -0.25) is 4.79 Å². The molecule has 1 N–H and O–H groups in total. The average Bonchev–Trinajstić information content (AvgIpc) is 2.79. The fourth-order valence-electron chi connectivity index (χ4n) is 3.61. The lowest BCUT2D eigenvalue weighted by Gasteiger charge is -2.33. The zero-order valence-electron chi connectivity index (χ0n) is 17.5. The molecular formula is C23H27ClN2O5. The molecule has 31 heavy (non-hydrogen) atoms. The molecule has 3 rings (SSSR count). The molecule has 0 aliphatic carbocycles. The van der Waals surface area contributed by atoms with Gasteiger partial charge in [-0.25, -0.2) is 4.79 Å². The van der Waals surface area contributed by atoms with E-state index in [1.807, 2.05) is 12.1 Å². The third-order valence-corrected chi connectivity index (χ3v) is 5.57. The maximum absolute atomic E-state index is 13.3. The molecular weight excluding hydrogens is 420 g/mol. The van der Waals surface area contributed by atoms with E-state index in [1.54, 1.807) is 48.4 Å². The van der Waals surface area contributed by atoms with Crippen LogP contribution in [0.4, 0.5) is 5.69 Å². The predicted octanol–water partition coefficient (Wildman–Crippen LogP) is 3.56. The summed E-state index contributed by atoms with van der Waals surface area (Å²) >= 11 is 6.03. The summed E-state index contributed by atoms with van der Waals surface area (Å²) in [6.45, 7) is 2.55. The van der Waals surface area contributed by atoms with Crippen LogP contribution in [0.5, 0.6) is 5.75 Å². The monoisotopic (exact) mass is 446 g/mol. The highest BCUT2D eigenvalue weighted by Crippen LogP contribution is 2.22. The van der Waals surface area contributed by atoms with Crippen molar-refractivity contribution in [3.8, 4) is 5.75 Å². The van der Waals surface area contributed by atoms with Gasteiger partial charge in [-0.1, -0.05) is 17.7 Å². The molecule has 1 fully saturated rings. The number of amides is 1. The van der Waals surface area contributed by atoms with E-state index in [0.29, 0.717) is 29.4 Å². The molecule has 0 radical (unpaired) electrons. The second-order valence-corrected chi connectivity index (χ2v) is 7.85. The topological polar surface area (TPSA) is 79.3 Å². The number of carboxylic acid groups (broad SMARTS) is 1. The van der Waals surface area contributed by atoms with Crippen molar-refractivity contribution in [2.75, 3.05) is 44.8 Å². The van der Waals surface area contributed by atoms with Crippen LogP contribution in [0.15, 0.2) is 48.5 Å². The Kier molecular flexibility index (Phi) is 8.28. The fourth-order valence-corrected chi connectivity index (χ4v) is 3.74. The third kappa shape index (κ3) is 6.69. The molecule has 166 valence electrons. The van der Waals surface area contributed by atoms with Gasteiger partial charge in [0, 0.05) is 42.5 Å². The molecule has 0 saturated carbocycles. The summed E-state index contributed by atoms with van der Waals surface area (Å²) in [5, 5.41) is 9.37. The Balaban J connectivity index is 1.66. The zero-order valence-corrected chi connectivity index (χ0v) is 18.3. The van der Waals surface area contributed by atoms with Gasteiger partial charge in [-0.2, -0.15) is 0 Å². The van der Waals surface area contributed by atoms with Gasteiger partial charge in [0.25, 0.3) is 5.91 Å². The summed E-state index contributed by atoms with van der Waals surface area (Å²) in [5.41, 5.74) is 1.33. The highest BCUT2D eigenvalue weighted by atomic mass is 35.5. The van der Waals surface area contributed by atoms with Gasteiger partial charge in [0.1, 0.15) is 12.4 Å². The highest BCUT2D eigenvalue weighted by Gasteiger charge is 2.23. The SMILES string of the molecule is COc1cccc(C(=O)N(CCN2CCC(OCC(=O)O)CC2)c2ccc(Cl)cc2)c1. The minimum Gasteiger partial charge on any atom is -0.497 e. The van der Waals surface area contributed by atoms with E-state index in [1.165, 1.54) is 0 Å². The molecule has 1 heterocycles. The standard InChI is InChI=1S/C23H27ClN2O5/c1-30-21-4-2-3-17(15-21)23(29)26(19-7-5-18(24)6-8-19)14-13-25-11-9-20(10-12-25)31-16-22(27)28/h2-8,15,20H,9-14,16H2,1H3,(H,27,28). The number of hydrogen-bond donors (Lipinski definition) is 1. The second kappa shape index (κ2) is 11.1. The molecule has 1 aliphatic heterocycles. The van der Waals surface area contributed by atoms with Gasteiger partial charge in [0.05, 0.1) is 13.2 Å². The molecule has 8 heteroatoms. The summed E-state index contributed by atoms with van der Waals surface area (Å²) in [4.78, 5) is 28.0. The number of halogens is 1. The van der Waals surface area contributed by atoms with Crippen LogP contribution in [0, 0.1) is 0 Å². The van der Waals surface area contributed by atoms with E-state index >= 15 is 0 Å². The summed E-state index contributed by atoms with van der Waals surface area (Å²) in [6.07, 6.45) is 1.52. The van der Waals surface area contributed by atoms with Crippen molar-refractivity contribution in [2.45, 2.75) is 18.9 Å². The van der Waals surface area contributed by atoms with Crippen molar-refractivity contribution in [2.24, 2.45) is 0 Å². The molecule has 1 amide bonds. The maximum atomic E-state index is 13.3. The predicted molar refractivity (Wildman–Crippen MR) is 119 cm³/mol. The lowest BCUT2D eigenvalue weighted by molar-refractivity contribution is -0.145. The van der Waals surface area contributed by atoms with Crippen LogP contribution in [0.2, 0.25) is 5.02 Å². The number of carbonyl (C=O) groups is 2. The number of aliphatic carboxylic acids is 1. The molecule has 0 aromatic heterocycles. The van der Waals surface area contributed by atoms with E-state index in [4.69, 9.17) is 26.2 Å². The third-order valence-electron chi connectivity index (χ3n) is 5.32. The number of benzene rings is 2. The Morgan fingerprint density at radius 2 is 1.87 bits per heavy atom. The van der Waals surface area contributed by atoms with Gasteiger partial charge < -0.3 is 24.4 Å². The minimum absolute atomic E-state index is 0.0295. The van der Waals surface area contributed by atoms with Crippen LogP contribution in [-0.2, 0) is 9.53 Å². The number of methoxy groups -OCH3 is 1. The Bertz CT molecular complexity index is 882.